The Bertz CT molecular complexity index is 1280. The van der Waals surface area contributed by atoms with Gasteiger partial charge in [0.05, 0.1) is 25.0 Å². The Labute approximate surface area is 209 Å². The standard InChI is InChI=1S/C27H27N3O6/c1-5-35-22-12-10-21(11-13-22)28-25(31)26(32)30-29-18(3)19-9-14-23(24(16-19)34-4)36-27(33)20-8-6-7-17(2)15-20/h6-16H,5H2,1-4H3,(H,28,31)(H,30,32). The Morgan fingerprint density at radius 2 is 1.64 bits per heavy atom. The summed E-state index contributed by atoms with van der Waals surface area (Å²) in [5.41, 5.74) is 5.04. The van der Waals surface area contributed by atoms with Crippen LogP contribution in [0.15, 0.2) is 71.8 Å². The first-order chi connectivity index (χ1) is 17.3. The van der Waals surface area contributed by atoms with Crippen molar-refractivity contribution in [3.8, 4) is 17.2 Å². The minimum absolute atomic E-state index is 0.235. The van der Waals surface area contributed by atoms with E-state index < -0.39 is 17.8 Å². The van der Waals surface area contributed by atoms with Gasteiger partial charge in [-0.2, -0.15) is 5.10 Å². The fraction of sp³-hybridized carbons (Fsp3) is 0.185. The summed E-state index contributed by atoms with van der Waals surface area (Å²) in [6, 6.07) is 18.5. The fourth-order valence-corrected chi connectivity index (χ4v) is 3.15. The van der Waals surface area contributed by atoms with E-state index in [4.69, 9.17) is 14.2 Å². The van der Waals surface area contributed by atoms with E-state index in [1.807, 2.05) is 19.9 Å². The van der Waals surface area contributed by atoms with Gasteiger partial charge in [0, 0.05) is 11.3 Å². The molecule has 0 radical (unpaired) electrons. The number of benzene rings is 3. The highest BCUT2D eigenvalue weighted by Gasteiger charge is 2.16. The molecular weight excluding hydrogens is 462 g/mol. The highest BCUT2D eigenvalue weighted by atomic mass is 16.6. The van der Waals surface area contributed by atoms with Crippen LogP contribution in [0.2, 0.25) is 0 Å². The molecule has 0 bridgehead atoms. The van der Waals surface area contributed by atoms with Crippen molar-refractivity contribution in [2.24, 2.45) is 5.10 Å². The molecule has 0 saturated carbocycles. The van der Waals surface area contributed by atoms with Gasteiger partial charge in [-0.3, -0.25) is 9.59 Å². The normalized spacial score (nSPS) is 10.8. The minimum atomic E-state index is -0.932. The van der Waals surface area contributed by atoms with Crippen molar-refractivity contribution in [2.45, 2.75) is 20.8 Å². The molecule has 0 heterocycles. The van der Waals surface area contributed by atoms with Crippen LogP contribution >= 0.6 is 0 Å². The van der Waals surface area contributed by atoms with Crippen LogP contribution in [0.4, 0.5) is 5.69 Å². The number of esters is 1. The Hall–Kier alpha value is -4.66. The van der Waals surface area contributed by atoms with Gasteiger partial charge in [0.25, 0.3) is 0 Å². The lowest BCUT2D eigenvalue weighted by Crippen LogP contribution is -2.32. The number of aryl methyl sites for hydroxylation is 1. The van der Waals surface area contributed by atoms with Gasteiger partial charge in [0.2, 0.25) is 0 Å². The predicted octanol–water partition coefficient (Wildman–Crippen LogP) is 4.10. The Morgan fingerprint density at radius 1 is 0.889 bits per heavy atom. The molecule has 0 aliphatic heterocycles. The van der Waals surface area contributed by atoms with Crippen LogP contribution in [0.25, 0.3) is 0 Å². The third-order valence-electron chi connectivity index (χ3n) is 4.99. The molecule has 0 fully saturated rings. The number of hydrogen-bond donors (Lipinski definition) is 2. The summed E-state index contributed by atoms with van der Waals surface area (Å²) in [5.74, 6) is -1.11. The van der Waals surface area contributed by atoms with Crippen molar-refractivity contribution in [2.75, 3.05) is 19.0 Å². The van der Waals surface area contributed by atoms with Crippen molar-refractivity contribution in [1.29, 1.82) is 0 Å². The van der Waals surface area contributed by atoms with Crippen molar-refractivity contribution >= 4 is 29.2 Å². The number of carbonyl (C=O) groups excluding carboxylic acids is 3. The molecule has 2 amide bonds. The van der Waals surface area contributed by atoms with Gasteiger partial charge in [-0.1, -0.05) is 17.7 Å². The summed E-state index contributed by atoms with van der Waals surface area (Å²) in [4.78, 5) is 36.8. The molecule has 0 aliphatic rings. The Kier molecular flexibility index (Phi) is 8.77. The summed E-state index contributed by atoms with van der Waals surface area (Å²) >= 11 is 0. The van der Waals surface area contributed by atoms with Crippen LogP contribution in [0.1, 0.15) is 35.3 Å². The van der Waals surface area contributed by atoms with E-state index in [0.29, 0.717) is 40.6 Å². The lowest BCUT2D eigenvalue weighted by atomic mass is 10.1. The van der Waals surface area contributed by atoms with E-state index in [9.17, 15) is 14.4 Å². The lowest BCUT2D eigenvalue weighted by Gasteiger charge is -2.11. The number of methoxy groups -OCH3 is 1. The van der Waals surface area contributed by atoms with Crippen molar-refractivity contribution in [1.82, 2.24) is 5.43 Å². The predicted molar refractivity (Wildman–Crippen MR) is 136 cm³/mol. The maximum atomic E-state index is 12.5. The van der Waals surface area contributed by atoms with Crippen molar-refractivity contribution in [3.05, 3.63) is 83.4 Å². The van der Waals surface area contributed by atoms with Gasteiger partial charge in [-0.15, -0.1) is 0 Å². The largest absolute Gasteiger partial charge is 0.494 e. The molecular formula is C27H27N3O6. The number of ether oxygens (including phenoxy) is 3. The number of anilines is 1. The van der Waals surface area contributed by atoms with Crippen LogP contribution in [-0.4, -0.2) is 37.2 Å². The van der Waals surface area contributed by atoms with Crippen LogP contribution < -0.4 is 25.0 Å². The molecule has 9 nitrogen and oxygen atoms in total. The quantitative estimate of drug-likeness (QED) is 0.162. The SMILES string of the molecule is CCOc1ccc(NC(=O)C(=O)NN=C(C)c2ccc(OC(=O)c3cccc(C)c3)c(OC)c2)cc1. The van der Waals surface area contributed by atoms with E-state index in [1.54, 1.807) is 67.6 Å². The average Bonchev–Trinajstić information content (AvgIpc) is 2.88. The van der Waals surface area contributed by atoms with Crippen LogP contribution in [0.5, 0.6) is 17.2 Å². The number of carbonyl (C=O) groups is 3. The molecule has 0 spiro atoms. The molecule has 0 aliphatic carbocycles. The smallest absolute Gasteiger partial charge is 0.343 e. The highest BCUT2D eigenvalue weighted by molar-refractivity contribution is 6.39. The minimum Gasteiger partial charge on any atom is -0.494 e. The zero-order valence-electron chi connectivity index (χ0n) is 20.5. The summed E-state index contributed by atoms with van der Waals surface area (Å²) in [5, 5.41) is 6.48. The summed E-state index contributed by atoms with van der Waals surface area (Å²) in [6.45, 7) is 5.93. The molecule has 2 N–H and O–H groups in total. The van der Waals surface area contributed by atoms with E-state index in [0.717, 1.165) is 5.56 Å². The second kappa shape index (κ2) is 12.2. The Balaban J connectivity index is 1.63. The van der Waals surface area contributed by atoms with Gasteiger partial charge in [-0.25, -0.2) is 10.2 Å². The van der Waals surface area contributed by atoms with Gasteiger partial charge < -0.3 is 19.5 Å². The van der Waals surface area contributed by atoms with E-state index >= 15 is 0 Å². The average molecular weight is 490 g/mol. The number of nitrogens with zero attached hydrogens (tertiary/aromatic N) is 1. The van der Waals surface area contributed by atoms with Gasteiger partial charge in [-0.05, 0) is 75.4 Å². The zero-order chi connectivity index (χ0) is 26.1. The molecule has 3 aromatic rings. The highest BCUT2D eigenvalue weighted by Crippen LogP contribution is 2.29. The molecule has 0 aromatic heterocycles. The van der Waals surface area contributed by atoms with Crippen LogP contribution in [0.3, 0.4) is 0 Å². The van der Waals surface area contributed by atoms with Gasteiger partial charge in [0.1, 0.15) is 5.75 Å². The first kappa shape index (κ1) is 26.0. The molecule has 0 atom stereocenters. The molecule has 0 unspecified atom stereocenters. The van der Waals surface area contributed by atoms with E-state index in [2.05, 4.69) is 15.8 Å². The number of hydrazone groups is 1. The Morgan fingerprint density at radius 3 is 2.31 bits per heavy atom. The lowest BCUT2D eigenvalue weighted by molar-refractivity contribution is -0.136. The molecule has 3 rings (SSSR count). The second-order valence-electron chi connectivity index (χ2n) is 7.67. The third kappa shape index (κ3) is 6.92. The molecule has 0 saturated heterocycles. The first-order valence-electron chi connectivity index (χ1n) is 11.2. The fourth-order valence-electron chi connectivity index (χ4n) is 3.15. The maximum Gasteiger partial charge on any atom is 0.343 e. The topological polar surface area (TPSA) is 115 Å². The number of nitrogens with one attached hydrogen (secondary N) is 2. The third-order valence-corrected chi connectivity index (χ3v) is 4.99. The van der Waals surface area contributed by atoms with Crippen molar-refractivity contribution in [3.63, 3.8) is 0 Å². The molecule has 9 heteroatoms. The summed E-state index contributed by atoms with van der Waals surface area (Å²) < 4.78 is 16.2. The summed E-state index contributed by atoms with van der Waals surface area (Å²) in [7, 11) is 1.45. The zero-order valence-corrected chi connectivity index (χ0v) is 20.5. The molecule has 186 valence electrons. The van der Waals surface area contributed by atoms with Gasteiger partial charge >= 0.3 is 17.8 Å². The van der Waals surface area contributed by atoms with Gasteiger partial charge in [0.15, 0.2) is 11.5 Å². The molecule has 3 aromatic carbocycles. The van der Waals surface area contributed by atoms with Crippen LogP contribution in [-0.2, 0) is 9.59 Å². The van der Waals surface area contributed by atoms with Crippen molar-refractivity contribution < 1.29 is 28.6 Å². The monoisotopic (exact) mass is 489 g/mol. The molecule has 36 heavy (non-hydrogen) atoms. The van der Waals surface area contributed by atoms with E-state index in [1.165, 1.54) is 7.11 Å². The number of hydrogen-bond acceptors (Lipinski definition) is 7. The second-order valence-corrected chi connectivity index (χ2v) is 7.67. The summed E-state index contributed by atoms with van der Waals surface area (Å²) in [6.07, 6.45) is 0. The first-order valence-corrected chi connectivity index (χ1v) is 11.2. The van der Waals surface area contributed by atoms with E-state index in [-0.39, 0.29) is 5.75 Å². The van der Waals surface area contributed by atoms with Crippen LogP contribution in [0, 0.1) is 6.92 Å². The number of amides is 2. The maximum absolute atomic E-state index is 12.5. The number of rotatable bonds is 8.